The Labute approximate surface area is 80.5 Å². The normalized spacial score (nSPS) is 12.3. The molecule has 1 nitrogen and oxygen atoms in total. The first-order valence-corrected chi connectivity index (χ1v) is 4.80. The largest absolute Gasteiger partial charge is 0.260 e. The van der Waals surface area contributed by atoms with Gasteiger partial charge in [0.25, 0.3) is 0 Å². The molecule has 0 saturated carbocycles. The van der Waals surface area contributed by atoms with Crippen LogP contribution in [-0.2, 0) is 6.42 Å². The molecule has 0 radical (unpaired) electrons. The Kier molecular flexibility index (Phi) is 3.69. The second-order valence-electron chi connectivity index (χ2n) is 3.88. The molecule has 2 rings (SSSR count). The number of fused-ring (bicyclic) bond motifs is 1. The van der Waals surface area contributed by atoms with Crippen LogP contribution in [0.15, 0.2) is 24.4 Å². The quantitative estimate of drug-likeness (QED) is 0.589. The van der Waals surface area contributed by atoms with Gasteiger partial charge in [-0.1, -0.05) is 39.0 Å². The molecular weight excluding hydrogens is 158 g/mol. The summed E-state index contributed by atoms with van der Waals surface area (Å²) < 4.78 is 0. The number of nitrogens with zero attached hydrogens (tertiary/aromatic N) is 1. The van der Waals surface area contributed by atoms with Crippen LogP contribution in [0.3, 0.4) is 0 Å². The third-order valence-corrected chi connectivity index (χ3v) is 1.53. The van der Waals surface area contributed by atoms with Crippen LogP contribution in [0.5, 0.6) is 0 Å². The molecule has 1 heteroatoms. The fourth-order valence-corrected chi connectivity index (χ4v) is 1.07. The fourth-order valence-electron chi connectivity index (χ4n) is 1.07. The predicted molar refractivity (Wildman–Crippen MR) is 57.5 cm³/mol. The molecule has 0 saturated heterocycles. The SMILES string of the molecule is C1=Cc2cccnc2C1.CC(C)C. The number of pyridine rings is 1. The van der Waals surface area contributed by atoms with Gasteiger partial charge in [0.05, 0.1) is 5.69 Å². The fraction of sp³-hybridized carbons (Fsp3) is 0.417. The van der Waals surface area contributed by atoms with Gasteiger partial charge in [0.1, 0.15) is 0 Å². The minimum atomic E-state index is 0.833. The Morgan fingerprint density at radius 2 is 2.00 bits per heavy atom. The second kappa shape index (κ2) is 4.80. The van der Waals surface area contributed by atoms with E-state index in [1.807, 2.05) is 12.3 Å². The molecule has 0 amide bonds. The third kappa shape index (κ3) is 3.41. The van der Waals surface area contributed by atoms with E-state index in [9.17, 15) is 0 Å². The predicted octanol–water partition coefficient (Wildman–Crippen LogP) is 3.31. The smallest absolute Gasteiger partial charge is 0.0513 e. The molecule has 70 valence electrons. The number of rotatable bonds is 0. The summed E-state index contributed by atoms with van der Waals surface area (Å²) in [5.41, 5.74) is 2.48. The number of allylic oxidation sites excluding steroid dienone is 1. The topological polar surface area (TPSA) is 12.9 Å². The van der Waals surface area contributed by atoms with Crippen LogP contribution in [-0.4, -0.2) is 4.98 Å². The monoisotopic (exact) mass is 175 g/mol. The summed E-state index contributed by atoms with van der Waals surface area (Å²) in [5, 5.41) is 0. The van der Waals surface area contributed by atoms with Crippen molar-refractivity contribution < 1.29 is 0 Å². The molecule has 1 aromatic heterocycles. The average molecular weight is 175 g/mol. The standard InChI is InChI=1S/C8H7N.C4H10/c1-3-7-4-2-6-9-8(7)5-1;1-4(2)3/h1-4,6H,5H2;4H,1-3H3. The number of hydrogen-bond acceptors (Lipinski definition) is 1. The maximum atomic E-state index is 4.20. The van der Waals surface area contributed by atoms with Crippen LogP contribution < -0.4 is 0 Å². The van der Waals surface area contributed by atoms with Gasteiger partial charge in [-0.25, -0.2) is 0 Å². The van der Waals surface area contributed by atoms with Crippen LogP contribution in [0.25, 0.3) is 6.08 Å². The molecule has 0 aliphatic heterocycles. The van der Waals surface area contributed by atoms with E-state index in [4.69, 9.17) is 0 Å². The maximum Gasteiger partial charge on any atom is 0.0513 e. The average Bonchev–Trinajstić information content (AvgIpc) is 2.49. The lowest BCUT2D eigenvalue weighted by atomic mass is 10.2. The van der Waals surface area contributed by atoms with Crippen molar-refractivity contribution in [2.45, 2.75) is 27.2 Å². The molecule has 0 N–H and O–H groups in total. The van der Waals surface area contributed by atoms with E-state index in [2.05, 4.69) is 44.0 Å². The van der Waals surface area contributed by atoms with Gasteiger partial charge in [0.15, 0.2) is 0 Å². The highest BCUT2D eigenvalue weighted by molar-refractivity contribution is 5.57. The highest BCUT2D eigenvalue weighted by atomic mass is 14.7. The highest BCUT2D eigenvalue weighted by Crippen LogP contribution is 2.14. The molecule has 13 heavy (non-hydrogen) atoms. The summed E-state index contributed by atoms with van der Waals surface area (Å²) in [4.78, 5) is 4.20. The van der Waals surface area contributed by atoms with Crippen molar-refractivity contribution in [1.29, 1.82) is 0 Å². The van der Waals surface area contributed by atoms with Crippen molar-refractivity contribution >= 4 is 6.08 Å². The van der Waals surface area contributed by atoms with Crippen LogP contribution in [0.4, 0.5) is 0 Å². The van der Waals surface area contributed by atoms with Crippen molar-refractivity contribution in [2.75, 3.05) is 0 Å². The lowest BCUT2D eigenvalue weighted by Crippen LogP contribution is -1.83. The van der Waals surface area contributed by atoms with E-state index >= 15 is 0 Å². The van der Waals surface area contributed by atoms with Crippen molar-refractivity contribution in [1.82, 2.24) is 4.98 Å². The van der Waals surface area contributed by atoms with Gasteiger partial charge in [0.2, 0.25) is 0 Å². The number of hydrogen-bond donors (Lipinski definition) is 0. The molecule has 1 aliphatic rings. The Hall–Kier alpha value is -1.11. The van der Waals surface area contributed by atoms with Gasteiger partial charge < -0.3 is 0 Å². The molecule has 0 bridgehead atoms. The van der Waals surface area contributed by atoms with Crippen LogP contribution >= 0.6 is 0 Å². The molecule has 0 fully saturated rings. The molecule has 0 unspecified atom stereocenters. The summed E-state index contributed by atoms with van der Waals surface area (Å²) in [5.74, 6) is 0.833. The van der Waals surface area contributed by atoms with E-state index in [0.717, 1.165) is 12.3 Å². The molecular formula is C12H17N. The summed E-state index contributed by atoms with van der Waals surface area (Å²) in [6.45, 7) is 6.50. The first-order valence-electron chi connectivity index (χ1n) is 4.80. The minimum Gasteiger partial charge on any atom is -0.260 e. The van der Waals surface area contributed by atoms with E-state index in [1.165, 1.54) is 11.3 Å². The van der Waals surface area contributed by atoms with Gasteiger partial charge in [0, 0.05) is 12.6 Å². The summed E-state index contributed by atoms with van der Waals surface area (Å²) in [6, 6.07) is 4.06. The van der Waals surface area contributed by atoms with Crippen LogP contribution in [0, 0.1) is 5.92 Å². The van der Waals surface area contributed by atoms with E-state index in [0.29, 0.717) is 0 Å². The molecule has 0 spiro atoms. The van der Waals surface area contributed by atoms with Crippen LogP contribution in [0.1, 0.15) is 32.0 Å². The minimum absolute atomic E-state index is 0.833. The van der Waals surface area contributed by atoms with Gasteiger partial charge in [-0.2, -0.15) is 0 Å². The zero-order valence-corrected chi connectivity index (χ0v) is 8.62. The molecule has 1 heterocycles. The first-order chi connectivity index (χ1) is 6.20. The van der Waals surface area contributed by atoms with E-state index in [1.54, 1.807) is 0 Å². The Bertz CT molecular complexity index is 284. The van der Waals surface area contributed by atoms with Gasteiger partial charge in [-0.3, -0.25) is 4.98 Å². The summed E-state index contributed by atoms with van der Waals surface area (Å²) >= 11 is 0. The zero-order chi connectivity index (χ0) is 9.68. The van der Waals surface area contributed by atoms with Crippen molar-refractivity contribution in [3.8, 4) is 0 Å². The molecule has 0 atom stereocenters. The lowest BCUT2D eigenvalue weighted by molar-refractivity contribution is 0.737. The van der Waals surface area contributed by atoms with Crippen molar-refractivity contribution in [2.24, 2.45) is 5.92 Å². The third-order valence-electron chi connectivity index (χ3n) is 1.53. The zero-order valence-electron chi connectivity index (χ0n) is 8.62. The highest BCUT2D eigenvalue weighted by Gasteiger charge is 2.02. The Morgan fingerprint density at radius 3 is 2.62 bits per heavy atom. The van der Waals surface area contributed by atoms with Gasteiger partial charge >= 0.3 is 0 Å². The first kappa shape index (κ1) is 9.97. The Morgan fingerprint density at radius 1 is 1.31 bits per heavy atom. The van der Waals surface area contributed by atoms with Crippen LogP contribution in [0.2, 0.25) is 0 Å². The number of aromatic nitrogens is 1. The molecule has 1 aromatic rings. The molecule has 1 aliphatic carbocycles. The second-order valence-corrected chi connectivity index (χ2v) is 3.88. The Balaban J connectivity index is 0.000000184. The summed E-state index contributed by atoms with van der Waals surface area (Å²) in [7, 11) is 0. The van der Waals surface area contributed by atoms with Gasteiger partial charge in [-0.15, -0.1) is 0 Å². The van der Waals surface area contributed by atoms with Crippen molar-refractivity contribution in [3.05, 3.63) is 35.7 Å². The molecule has 0 aromatic carbocycles. The lowest BCUT2D eigenvalue weighted by Gasteiger charge is -1.92. The summed E-state index contributed by atoms with van der Waals surface area (Å²) in [6.07, 6.45) is 7.10. The maximum absolute atomic E-state index is 4.20. The van der Waals surface area contributed by atoms with E-state index < -0.39 is 0 Å². The van der Waals surface area contributed by atoms with Crippen molar-refractivity contribution in [3.63, 3.8) is 0 Å². The van der Waals surface area contributed by atoms with E-state index in [-0.39, 0.29) is 0 Å². The van der Waals surface area contributed by atoms with Gasteiger partial charge in [-0.05, 0) is 17.5 Å².